The third-order valence-electron chi connectivity index (χ3n) is 2.96. The van der Waals surface area contributed by atoms with Gasteiger partial charge in [-0.25, -0.2) is 0 Å². The van der Waals surface area contributed by atoms with Gasteiger partial charge in [-0.15, -0.1) is 0 Å². The summed E-state index contributed by atoms with van der Waals surface area (Å²) in [6, 6.07) is 12.7. The summed E-state index contributed by atoms with van der Waals surface area (Å²) >= 11 is 9.29. The van der Waals surface area contributed by atoms with Gasteiger partial charge in [0.2, 0.25) is 0 Å². The lowest BCUT2D eigenvalue weighted by atomic mass is 10.2. The van der Waals surface area contributed by atoms with Gasteiger partial charge < -0.3 is 10.1 Å². The lowest BCUT2D eigenvalue weighted by Gasteiger charge is -2.14. The van der Waals surface area contributed by atoms with Gasteiger partial charge in [-0.3, -0.25) is 0 Å². The Morgan fingerprint density at radius 1 is 1.13 bits per heavy atom. The maximum atomic E-state index is 12.1. The molecule has 23 heavy (non-hydrogen) atoms. The van der Waals surface area contributed by atoms with E-state index in [1.807, 2.05) is 24.3 Å². The molecule has 0 aromatic heterocycles. The lowest BCUT2D eigenvalue weighted by Crippen LogP contribution is -2.11. The molecule has 0 saturated heterocycles. The number of ether oxygens (including phenoxy) is 1. The minimum Gasteiger partial charge on any atom is -0.376 e. The Labute approximate surface area is 145 Å². The minimum atomic E-state index is -4.21. The Balaban J connectivity index is 2.05. The molecule has 0 aliphatic heterocycles. The third kappa shape index (κ3) is 6.41. The molecule has 124 valence electrons. The Bertz CT molecular complexity index is 664. The molecule has 0 bridgehead atoms. The normalized spacial score (nSPS) is 11.5. The summed E-state index contributed by atoms with van der Waals surface area (Å²) in [7, 11) is 0. The van der Waals surface area contributed by atoms with E-state index in [2.05, 4.69) is 21.2 Å². The first-order valence-corrected chi connectivity index (χ1v) is 7.96. The fourth-order valence-corrected chi connectivity index (χ4v) is 2.49. The molecule has 2 aromatic rings. The van der Waals surface area contributed by atoms with E-state index < -0.39 is 12.6 Å². The van der Waals surface area contributed by atoms with Crippen LogP contribution in [0.25, 0.3) is 0 Å². The molecule has 0 radical (unpaired) electrons. The Kier molecular flexibility index (Phi) is 6.33. The Morgan fingerprint density at radius 2 is 1.91 bits per heavy atom. The van der Waals surface area contributed by atoms with Crippen molar-refractivity contribution >= 4 is 38.9 Å². The minimum absolute atomic E-state index is 0.0818. The number of alkyl halides is 3. The first kappa shape index (κ1) is 18.1. The number of rotatable bonds is 6. The van der Waals surface area contributed by atoms with Gasteiger partial charge in [0.25, 0.3) is 0 Å². The monoisotopic (exact) mass is 407 g/mol. The van der Waals surface area contributed by atoms with Gasteiger partial charge >= 0.3 is 6.18 Å². The molecular formula is C16H14BrClF3NO. The predicted octanol–water partition coefficient (Wildman–Crippen LogP) is 6.32. The van der Waals surface area contributed by atoms with Crippen LogP contribution in [0.15, 0.2) is 46.9 Å². The van der Waals surface area contributed by atoms with Crippen LogP contribution < -0.4 is 5.32 Å². The molecule has 0 heterocycles. The topological polar surface area (TPSA) is 21.3 Å². The highest BCUT2D eigenvalue weighted by atomic mass is 79.9. The largest absolute Gasteiger partial charge is 0.391 e. The molecule has 2 aromatic carbocycles. The van der Waals surface area contributed by atoms with Gasteiger partial charge in [-0.1, -0.05) is 33.6 Å². The second kappa shape index (κ2) is 8.04. The van der Waals surface area contributed by atoms with Crippen molar-refractivity contribution in [1.82, 2.24) is 0 Å². The molecule has 1 N–H and O–H groups in total. The van der Waals surface area contributed by atoms with E-state index in [0.717, 1.165) is 21.4 Å². The van der Waals surface area contributed by atoms with Crippen molar-refractivity contribution in [2.75, 3.05) is 11.9 Å². The summed E-state index contributed by atoms with van der Waals surface area (Å²) in [5, 5.41) is 3.78. The van der Waals surface area contributed by atoms with Gasteiger partial charge in [0, 0.05) is 26.4 Å². The molecule has 0 fully saturated rings. The van der Waals surface area contributed by atoms with Crippen molar-refractivity contribution < 1.29 is 17.9 Å². The average molecular weight is 409 g/mol. The van der Waals surface area contributed by atoms with Crippen LogP contribution in [-0.4, -0.2) is 12.8 Å². The quantitative estimate of drug-likeness (QED) is 0.565. The molecule has 0 atom stereocenters. The van der Waals surface area contributed by atoms with Crippen molar-refractivity contribution in [3.8, 4) is 0 Å². The fraction of sp³-hybridized carbons (Fsp3) is 0.250. The van der Waals surface area contributed by atoms with Crippen molar-refractivity contribution in [3.05, 3.63) is 57.5 Å². The maximum Gasteiger partial charge on any atom is 0.391 e. The lowest BCUT2D eigenvalue weighted by molar-refractivity contribution is -0.146. The molecule has 0 unspecified atom stereocenters. The van der Waals surface area contributed by atoms with Crippen LogP contribution in [0, 0.1) is 0 Å². The zero-order chi connectivity index (χ0) is 16.9. The third-order valence-corrected chi connectivity index (χ3v) is 3.69. The van der Waals surface area contributed by atoms with Crippen molar-refractivity contribution in [2.24, 2.45) is 0 Å². The molecule has 0 saturated carbocycles. The standard InChI is InChI=1S/C16H14BrClF3NO/c17-12-4-5-15(22-14-3-1-2-13(18)9-14)11(8-12)10-23-7-6-16(19,20)21/h1-5,8-9,22H,6-7,10H2. The van der Waals surface area contributed by atoms with Gasteiger partial charge in [0.15, 0.2) is 0 Å². The van der Waals surface area contributed by atoms with Crippen LogP contribution in [0.3, 0.4) is 0 Å². The Morgan fingerprint density at radius 3 is 2.61 bits per heavy atom. The number of benzene rings is 2. The second-order valence-corrected chi connectivity index (χ2v) is 6.21. The molecule has 0 aliphatic carbocycles. The van der Waals surface area contributed by atoms with E-state index >= 15 is 0 Å². The first-order valence-electron chi connectivity index (χ1n) is 6.79. The van der Waals surface area contributed by atoms with Gasteiger partial charge in [0.05, 0.1) is 19.6 Å². The highest BCUT2D eigenvalue weighted by Crippen LogP contribution is 2.27. The summed E-state index contributed by atoms with van der Waals surface area (Å²) in [5.74, 6) is 0. The van der Waals surface area contributed by atoms with Crippen molar-refractivity contribution in [3.63, 3.8) is 0 Å². The highest BCUT2D eigenvalue weighted by Gasteiger charge is 2.26. The van der Waals surface area contributed by atoms with Gasteiger partial charge in [-0.2, -0.15) is 13.2 Å². The summed E-state index contributed by atoms with van der Waals surface area (Å²) in [6.45, 7) is -0.287. The number of anilines is 2. The zero-order valence-corrected chi connectivity index (χ0v) is 14.3. The van der Waals surface area contributed by atoms with Crippen molar-refractivity contribution in [1.29, 1.82) is 0 Å². The summed E-state index contributed by atoms with van der Waals surface area (Å²) in [5.41, 5.74) is 2.29. The summed E-state index contributed by atoms with van der Waals surface area (Å²) in [4.78, 5) is 0. The number of hydrogen-bond acceptors (Lipinski definition) is 2. The van der Waals surface area contributed by atoms with Crippen LogP contribution in [0.5, 0.6) is 0 Å². The smallest absolute Gasteiger partial charge is 0.376 e. The van der Waals surface area contributed by atoms with Crippen LogP contribution in [0.2, 0.25) is 5.02 Å². The average Bonchev–Trinajstić information content (AvgIpc) is 2.45. The molecular weight excluding hydrogens is 395 g/mol. The van der Waals surface area contributed by atoms with Gasteiger partial charge in [0.1, 0.15) is 0 Å². The van der Waals surface area contributed by atoms with E-state index in [0.29, 0.717) is 5.02 Å². The van der Waals surface area contributed by atoms with Crippen LogP contribution >= 0.6 is 27.5 Å². The van der Waals surface area contributed by atoms with Crippen molar-refractivity contribution in [2.45, 2.75) is 19.2 Å². The van der Waals surface area contributed by atoms with E-state index in [4.69, 9.17) is 16.3 Å². The van der Waals surface area contributed by atoms with Crippen LogP contribution in [0.4, 0.5) is 24.5 Å². The van der Waals surface area contributed by atoms with Crippen LogP contribution in [0.1, 0.15) is 12.0 Å². The van der Waals surface area contributed by atoms with Gasteiger partial charge in [-0.05, 0) is 36.4 Å². The molecule has 0 spiro atoms. The molecule has 2 rings (SSSR count). The fourth-order valence-electron chi connectivity index (χ4n) is 1.90. The van der Waals surface area contributed by atoms with Crippen LogP contribution in [-0.2, 0) is 11.3 Å². The molecule has 0 aliphatic rings. The molecule has 0 amide bonds. The first-order chi connectivity index (χ1) is 10.8. The summed E-state index contributed by atoms with van der Waals surface area (Å²) in [6.07, 6.45) is -5.17. The second-order valence-electron chi connectivity index (χ2n) is 4.85. The number of hydrogen-bond donors (Lipinski definition) is 1. The van der Waals surface area contributed by atoms with E-state index in [-0.39, 0.29) is 13.2 Å². The van der Waals surface area contributed by atoms with E-state index in [1.54, 1.807) is 18.2 Å². The number of halogens is 5. The molecule has 7 heteroatoms. The zero-order valence-electron chi connectivity index (χ0n) is 12.0. The molecule has 2 nitrogen and oxygen atoms in total. The van der Waals surface area contributed by atoms with E-state index in [9.17, 15) is 13.2 Å². The summed E-state index contributed by atoms with van der Waals surface area (Å²) < 4.78 is 42.4. The SMILES string of the molecule is FC(F)(F)CCOCc1cc(Br)ccc1Nc1cccc(Cl)c1. The highest BCUT2D eigenvalue weighted by molar-refractivity contribution is 9.10. The maximum absolute atomic E-state index is 12.1. The predicted molar refractivity (Wildman–Crippen MR) is 89.2 cm³/mol. The number of nitrogens with one attached hydrogen (secondary N) is 1. The Hall–Kier alpha value is -1.24. The van der Waals surface area contributed by atoms with E-state index in [1.165, 1.54) is 0 Å².